The highest BCUT2D eigenvalue weighted by Crippen LogP contribution is 2.22. The van der Waals surface area contributed by atoms with Crippen LogP contribution in [0.5, 0.6) is 0 Å². The Labute approximate surface area is 95.6 Å². The Balaban J connectivity index is 2.94. The highest BCUT2D eigenvalue weighted by molar-refractivity contribution is 5.70. The van der Waals surface area contributed by atoms with Crippen molar-refractivity contribution in [2.45, 2.75) is 39.8 Å². The van der Waals surface area contributed by atoms with Crippen molar-refractivity contribution in [1.82, 2.24) is 9.78 Å². The smallest absolute Gasteiger partial charge is 0.307 e. The number of nitrogens with zero attached hydrogens (tertiary/aromatic N) is 2. The van der Waals surface area contributed by atoms with Crippen molar-refractivity contribution in [3.63, 3.8) is 0 Å². The van der Waals surface area contributed by atoms with Crippen LogP contribution in [0.15, 0.2) is 0 Å². The molecular weight excluding hydrogens is 206 g/mol. The Bertz CT molecular complexity index is 385. The molecule has 2 N–H and O–H groups in total. The molecule has 0 aliphatic rings. The van der Waals surface area contributed by atoms with Crippen molar-refractivity contribution in [3.05, 3.63) is 17.0 Å². The van der Waals surface area contributed by atoms with Crippen LogP contribution in [-0.2, 0) is 16.1 Å². The van der Waals surface area contributed by atoms with Crippen molar-refractivity contribution in [3.8, 4) is 0 Å². The van der Waals surface area contributed by atoms with Crippen molar-refractivity contribution >= 4 is 5.97 Å². The lowest BCUT2D eigenvalue weighted by Gasteiger charge is -2.11. The van der Waals surface area contributed by atoms with E-state index in [-0.39, 0.29) is 18.4 Å². The van der Waals surface area contributed by atoms with Gasteiger partial charge in [-0.1, -0.05) is 0 Å². The number of aryl methyl sites for hydroxylation is 2. The Morgan fingerprint density at radius 3 is 2.62 bits per heavy atom. The van der Waals surface area contributed by atoms with Gasteiger partial charge in [0.05, 0.1) is 19.2 Å². The number of carbonyl (C=O) groups is 1. The van der Waals surface area contributed by atoms with Crippen LogP contribution in [0.25, 0.3) is 0 Å². The van der Waals surface area contributed by atoms with Gasteiger partial charge in [-0.2, -0.15) is 5.10 Å². The number of nitrogens with two attached hydrogens (primary N) is 1. The molecule has 0 amide bonds. The molecule has 0 bridgehead atoms. The van der Waals surface area contributed by atoms with Crippen molar-refractivity contribution in [2.75, 3.05) is 7.11 Å². The van der Waals surface area contributed by atoms with Gasteiger partial charge in [0.25, 0.3) is 0 Å². The summed E-state index contributed by atoms with van der Waals surface area (Å²) in [6.45, 7) is 6.70. The quantitative estimate of drug-likeness (QED) is 0.778. The first-order valence-corrected chi connectivity index (χ1v) is 5.37. The first-order chi connectivity index (χ1) is 7.51. The van der Waals surface area contributed by atoms with E-state index < -0.39 is 0 Å². The fourth-order valence-electron chi connectivity index (χ4n) is 1.92. The number of ether oxygens (including phenoxy) is 1. The zero-order valence-electron chi connectivity index (χ0n) is 10.3. The Kier molecular flexibility index (Phi) is 4.06. The largest absolute Gasteiger partial charge is 0.469 e. The van der Waals surface area contributed by atoms with Crippen molar-refractivity contribution in [1.29, 1.82) is 0 Å². The molecule has 0 fully saturated rings. The predicted molar refractivity (Wildman–Crippen MR) is 60.9 cm³/mol. The summed E-state index contributed by atoms with van der Waals surface area (Å²) in [7, 11) is 1.37. The predicted octanol–water partition coefficient (Wildman–Crippen LogP) is 1.08. The number of rotatable bonds is 4. The lowest BCUT2D eigenvalue weighted by atomic mass is 10.0. The van der Waals surface area contributed by atoms with Crippen LogP contribution in [0.3, 0.4) is 0 Å². The van der Waals surface area contributed by atoms with Gasteiger partial charge < -0.3 is 10.5 Å². The number of carbonyl (C=O) groups excluding carboxylic acids is 1. The molecule has 1 rings (SSSR count). The van der Waals surface area contributed by atoms with Crippen molar-refractivity contribution < 1.29 is 9.53 Å². The summed E-state index contributed by atoms with van der Waals surface area (Å²) in [6.07, 6.45) is 0.188. The SMILES string of the molecule is CCn1nc(C)c([C@H](N)CC(=O)OC)c1C. The number of hydrogen-bond acceptors (Lipinski definition) is 4. The lowest BCUT2D eigenvalue weighted by Crippen LogP contribution is -2.17. The molecule has 90 valence electrons. The molecule has 0 aliphatic carbocycles. The van der Waals surface area contributed by atoms with Gasteiger partial charge in [-0.05, 0) is 20.8 Å². The average Bonchev–Trinajstić information content (AvgIpc) is 2.53. The van der Waals surface area contributed by atoms with Gasteiger partial charge in [0, 0.05) is 23.8 Å². The molecule has 0 saturated carbocycles. The van der Waals surface area contributed by atoms with E-state index in [9.17, 15) is 4.79 Å². The van der Waals surface area contributed by atoms with E-state index in [1.807, 2.05) is 25.5 Å². The van der Waals surface area contributed by atoms with Gasteiger partial charge in [-0.15, -0.1) is 0 Å². The summed E-state index contributed by atoms with van der Waals surface area (Å²) in [4.78, 5) is 11.2. The molecule has 0 aliphatic heterocycles. The maximum atomic E-state index is 11.2. The summed E-state index contributed by atoms with van der Waals surface area (Å²) < 4.78 is 6.50. The molecule has 0 spiro atoms. The fourth-order valence-corrected chi connectivity index (χ4v) is 1.92. The standard InChI is InChI=1S/C11H19N3O2/c1-5-14-8(3)11(7(2)13-14)9(12)6-10(15)16-4/h9H,5-6,12H2,1-4H3/t9-/m1/s1. The zero-order valence-corrected chi connectivity index (χ0v) is 10.3. The van der Waals surface area contributed by atoms with Crippen molar-refractivity contribution in [2.24, 2.45) is 5.73 Å². The second kappa shape index (κ2) is 5.12. The minimum Gasteiger partial charge on any atom is -0.469 e. The molecule has 0 saturated heterocycles. The van der Waals surface area contributed by atoms with Crippen LogP contribution >= 0.6 is 0 Å². The van der Waals surface area contributed by atoms with E-state index in [4.69, 9.17) is 5.73 Å². The normalized spacial score (nSPS) is 12.6. The molecule has 16 heavy (non-hydrogen) atoms. The van der Waals surface area contributed by atoms with Crippen LogP contribution in [0.4, 0.5) is 0 Å². The summed E-state index contributed by atoms with van der Waals surface area (Å²) in [5.41, 5.74) is 8.85. The number of aromatic nitrogens is 2. The molecule has 1 aromatic rings. The highest BCUT2D eigenvalue weighted by atomic mass is 16.5. The molecule has 5 nitrogen and oxygen atoms in total. The topological polar surface area (TPSA) is 70.1 Å². The molecule has 1 aromatic heterocycles. The third-order valence-electron chi connectivity index (χ3n) is 2.72. The summed E-state index contributed by atoms with van der Waals surface area (Å²) in [5, 5.41) is 4.37. The second-order valence-electron chi connectivity index (χ2n) is 3.79. The Hall–Kier alpha value is -1.36. The van der Waals surface area contributed by atoms with E-state index >= 15 is 0 Å². The van der Waals surface area contributed by atoms with E-state index in [0.717, 1.165) is 23.5 Å². The third-order valence-corrected chi connectivity index (χ3v) is 2.72. The highest BCUT2D eigenvalue weighted by Gasteiger charge is 2.20. The van der Waals surface area contributed by atoms with Gasteiger partial charge in [0.1, 0.15) is 0 Å². The summed E-state index contributed by atoms with van der Waals surface area (Å²) in [5.74, 6) is -0.296. The van der Waals surface area contributed by atoms with Crippen LogP contribution in [0.2, 0.25) is 0 Å². The third kappa shape index (κ3) is 2.41. The zero-order chi connectivity index (χ0) is 12.3. The Morgan fingerprint density at radius 1 is 1.56 bits per heavy atom. The van der Waals surface area contributed by atoms with Gasteiger partial charge >= 0.3 is 5.97 Å². The first kappa shape index (κ1) is 12.7. The number of hydrogen-bond donors (Lipinski definition) is 1. The molecule has 0 unspecified atom stereocenters. The average molecular weight is 225 g/mol. The lowest BCUT2D eigenvalue weighted by molar-refractivity contribution is -0.141. The fraction of sp³-hybridized carbons (Fsp3) is 0.636. The Morgan fingerprint density at radius 2 is 2.19 bits per heavy atom. The molecule has 0 aromatic carbocycles. The van der Waals surface area contributed by atoms with Crippen LogP contribution < -0.4 is 5.73 Å². The second-order valence-corrected chi connectivity index (χ2v) is 3.79. The van der Waals surface area contributed by atoms with Gasteiger partial charge in [0.2, 0.25) is 0 Å². The molecule has 0 radical (unpaired) electrons. The van der Waals surface area contributed by atoms with E-state index in [1.54, 1.807) is 0 Å². The summed E-state index contributed by atoms with van der Waals surface area (Å²) in [6, 6.07) is -0.340. The number of methoxy groups -OCH3 is 1. The molecule has 5 heteroatoms. The van der Waals surface area contributed by atoms with Gasteiger partial charge in [-0.25, -0.2) is 0 Å². The maximum Gasteiger partial charge on any atom is 0.307 e. The minimum absolute atomic E-state index is 0.188. The number of esters is 1. The van der Waals surface area contributed by atoms with Gasteiger partial charge in [-0.3, -0.25) is 9.48 Å². The molecular formula is C11H19N3O2. The minimum atomic E-state index is -0.340. The van der Waals surface area contributed by atoms with E-state index in [1.165, 1.54) is 7.11 Å². The van der Waals surface area contributed by atoms with Crippen LogP contribution in [-0.4, -0.2) is 22.9 Å². The first-order valence-electron chi connectivity index (χ1n) is 5.37. The van der Waals surface area contributed by atoms with E-state index in [2.05, 4.69) is 9.84 Å². The van der Waals surface area contributed by atoms with E-state index in [0.29, 0.717) is 0 Å². The maximum absolute atomic E-state index is 11.2. The molecule has 1 heterocycles. The molecule has 1 atom stereocenters. The van der Waals surface area contributed by atoms with Crippen LogP contribution in [0.1, 0.15) is 36.3 Å². The summed E-state index contributed by atoms with van der Waals surface area (Å²) >= 11 is 0. The van der Waals surface area contributed by atoms with Gasteiger partial charge in [0.15, 0.2) is 0 Å². The van der Waals surface area contributed by atoms with Crippen LogP contribution in [0, 0.1) is 13.8 Å². The monoisotopic (exact) mass is 225 g/mol.